The highest BCUT2D eigenvalue weighted by Crippen LogP contribution is 2.41. The third-order valence-electron chi connectivity index (χ3n) is 7.18. The van der Waals surface area contributed by atoms with Crippen molar-refractivity contribution in [2.75, 3.05) is 45.1 Å². The minimum Gasteiger partial charge on any atom is -0.382 e. The molecule has 0 fully saturated rings. The van der Waals surface area contributed by atoms with E-state index in [4.69, 9.17) is 4.74 Å². The van der Waals surface area contributed by atoms with Gasteiger partial charge in [-0.25, -0.2) is 14.5 Å². The second-order valence-electron chi connectivity index (χ2n) is 10.3. The number of rotatable bonds is 7. The summed E-state index contributed by atoms with van der Waals surface area (Å²) in [5.41, 5.74) is 3.88. The van der Waals surface area contributed by atoms with E-state index in [1.165, 1.54) is 10.4 Å². The number of methoxy groups -OCH3 is 1. The van der Waals surface area contributed by atoms with E-state index < -0.39 is 0 Å². The molecule has 1 amide bonds. The standard InChI is InChI=1S/C26H33N7O2S/c1-26(2,14-35-6)32(5)25(34)16-7-8-18-21(11-16)36-24-22(18)23(27-15-28-24)30-19-12-17-9-10-29-33(17)13-20(19)31(3)4/h9-10,12-13,15-16H,7-8,11,14H2,1-6H3,(H,27,28,30)/t16-/m0/s1. The van der Waals surface area contributed by atoms with E-state index in [9.17, 15) is 4.79 Å². The van der Waals surface area contributed by atoms with Crippen LogP contribution in [0.5, 0.6) is 0 Å². The molecule has 5 rings (SSSR count). The third-order valence-corrected chi connectivity index (χ3v) is 8.34. The molecule has 0 spiro atoms. The number of hydrogen-bond acceptors (Lipinski definition) is 8. The molecule has 190 valence electrons. The Bertz CT molecular complexity index is 1420. The molecule has 0 radical (unpaired) electrons. The normalized spacial score (nSPS) is 15.8. The van der Waals surface area contributed by atoms with Gasteiger partial charge in [0.1, 0.15) is 17.0 Å². The molecule has 4 heterocycles. The first-order valence-electron chi connectivity index (χ1n) is 12.1. The van der Waals surface area contributed by atoms with Gasteiger partial charge in [-0.2, -0.15) is 5.10 Å². The number of nitrogens with one attached hydrogen (secondary N) is 1. The van der Waals surface area contributed by atoms with Crippen molar-refractivity contribution in [1.82, 2.24) is 24.5 Å². The summed E-state index contributed by atoms with van der Waals surface area (Å²) in [5.74, 6) is 0.933. The number of aromatic nitrogens is 4. The molecule has 0 unspecified atom stereocenters. The number of anilines is 3. The Kier molecular flexibility index (Phi) is 6.34. The minimum atomic E-state index is -0.352. The lowest BCUT2D eigenvalue weighted by atomic mass is 9.86. The van der Waals surface area contributed by atoms with Crippen LogP contribution >= 0.6 is 11.3 Å². The zero-order valence-electron chi connectivity index (χ0n) is 21.7. The SMILES string of the molecule is COCC(C)(C)N(C)C(=O)[C@H]1CCc2c(sc3ncnc(Nc4cc5ccnn5cc4N(C)C)c23)C1. The molecular formula is C26H33N7O2S. The van der Waals surface area contributed by atoms with E-state index in [0.29, 0.717) is 6.61 Å². The van der Waals surface area contributed by atoms with Gasteiger partial charge < -0.3 is 19.9 Å². The molecule has 9 nitrogen and oxygen atoms in total. The van der Waals surface area contributed by atoms with Crippen LogP contribution in [0.25, 0.3) is 15.7 Å². The van der Waals surface area contributed by atoms with Gasteiger partial charge in [0.05, 0.1) is 40.6 Å². The maximum atomic E-state index is 13.4. The van der Waals surface area contributed by atoms with Crippen LogP contribution in [0.4, 0.5) is 17.2 Å². The summed E-state index contributed by atoms with van der Waals surface area (Å²) in [6.45, 7) is 4.58. The first kappa shape index (κ1) is 24.5. The van der Waals surface area contributed by atoms with Crippen LogP contribution in [-0.2, 0) is 22.4 Å². The zero-order chi connectivity index (χ0) is 25.6. The lowest BCUT2D eigenvalue weighted by molar-refractivity contribution is -0.141. The number of pyridine rings is 1. The number of likely N-dealkylation sites (N-methyl/N-ethyl adjacent to an activating group) is 1. The fourth-order valence-electron chi connectivity index (χ4n) is 4.98. The Morgan fingerprint density at radius 3 is 2.86 bits per heavy atom. The van der Waals surface area contributed by atoms with E-state index in [2.05, 4.69) is 31.3 Å². The minimum absolute atomic E-state index is 0.0410. The van der Waals surface area contributed by atoms with Gasteiger partial charge in [0.25, 0.3) is 0 Å². The molecule has 1 N–H and O–H groups in total. The van der Waals surface area contributed by atoms with Crippen molar-refractivity contribution in [3.8, 4) is 0 Å². The quantitative estimate of drug-likeness (QED) is 0.402. The van der Waals surface area contributed by atoms with Crippen molar-refractivity contribution in [2.24, 2.45) is 5.92 Å². The zero-order valence-corrected chi connectivity index (χ0v) is 22.5. The first-order chi connectivity index (χ1) is 17.2. The van der Waals surface area contributed by atoms with Crippen molar-refractivity contribution >= 4 is 50.2 Å². The summed E-state index contributed by atoms with van der Waals surface area (Å²) in [5, 5.41) is 9.02. The Balaban J connectivity index is 1.47. The number of nitrogens with zero attached hydrogens (tertiary/aromatic N) is 6. The highest BCUT2D eigenvalue weighted by atomic mass is 32.1. The molecule has 0 aliphatic heterocycles. The average molecular weight is 508 g/mol. The number of carbonyl (C=O) groups excluding carboxylic acids is 1. The fraction of sp³-hybridized carbons (Fsp3) is 0.462. The van der Waals surface area contributed by atoms with Gasteiger partial charge in [-0.3, -0.25) is 4.79 Å². The van der Waals surface area contributed by atoms with Crippen molar-refractivity contribution in [2.45, 2.75) is 38.6 Å². The molecule has 0 saturated heterocycles. The summed E-state index contributed by atoms with van der Waals surface area (Å²) >= 11 is 1.68. The molecule has 4 aromatic rings. The van der Waals surface area contributed by atoms with Crippen molar-refractivity contribution < 1.29 is 9.53 Å². The predicted octanol–water partition coefficient (Wildman–Crippen LogP) is 4.14. The number of amides is 1. The number of aryl methyl sites for hydroxylation is 1. The monoisotopic (exact) mass is 507 g/mol. The van der Waals surface area contributed by atoms with Gasteiger partial charge in [0.15, 0.2) is 0 Å². The van der Waals surface area contributed by atoms with E-state index in [-0.39, 0.29) is 17.4 Å². The van der Waals surface area contributed by atoms with Gasteiger partial charge in [-0.1, -0.05) is 0 Å². The summed E-state index contributed by atoms with van der Waals surface area (Å²) in [7, 11) is 7.58. The largest absolute Gasteiger partial charge is 0.382 e. The molecule has 0 aromatic carbocycles. The lowest BCUT2D eigenvalue weighted by Gasteiger charge is -2.38. The van der Waals surface area contributed by atoms with Crippen LogP contribution < -0.4 is 10.2 Å². The van der Waals surface area contributed by atoms with E-state index in [1.807, 2.05) is 56.7 Å². The molecule has 0 bridgehead atoms. The third kappa shape index (κ3) is 4.28. The van der Waals surface area contributed by atoms with Crippen LogP contribution in [0.15, 0.2) is 30.9 Å². The molecular weight excluding hydrogens is 474 g/mol. The molecule has 1 atom stereocenters. The second-order valence-corrected chi connectivity index (χ2v) is 11.4. The van der Waals surface area contributed by atoms with Gasteiger partial charge in [0.2, 0.25) is 5.91 Å². The number of thiophene rings is 1. The number of carbonyl (C=O) groups is 1. The highest BCUT2D eigenvalue weighted by Gasteiger charge is 2.35. The van der Waals surface area contributed by atoms with Crippen molar-refractivity contribution in [3.05, 3.63) is 41.3 Å². The number of ether oxygens (including phenoxy) is 1. The van der Waals surface area contributed by atoms with Crippen LogP contribution in [0.3, 0.4) is 0 Å². The maximum absolute atomic E-state index is 13.4. The highest BCUT2D eigenvalue weighted by molar-refractivity contribution is 7.19. The summed E-state index contributed by atoms with van der Waals surface area (Å²) in [6.07, 6.45) is 7.79. The van der Waals surface area contributed by atoms with Crippen LogP contribution in [-0.4, -0.2) is 70.8 Å². The van der Waals surface area contributed by atoms with Crippen molar-refractivity contribution in [1.29, 1.82) is 0 Å². The lowest BCUT2D eigenvalue weighted by Crippen LogP contribution is -2.50. The van der Waals surface area contributed by atoms with Gasteiger partial charge in [0, 0.05) is 45.2 Å². The number of fused-ring (bicyclic) bond motifs is 4. The molecule has 4 aromatic heterocycles. The molecule has 10 heteroatoms. The van der Waals surface area contributed by atoms with E-state index in [1.54, 1.807) is 31.0 Å². The Labute approximate surface area is 215 Å². The van der Waals surface area contributed by atoms with Crippen LogP contribution in [0.1, 0.15) is 30.7 Å². The van der Waals surface area contributed by atoms with E-state index >= 15 is 0 Å². The summed E-state index contributed by atoms with van der Waals surface area (Å²) in [4.78, 5) is 28.7. The van der Waals surface area contributed by atoms with Gasteiger partial charge in [-0.15, -0.1) is 11.3 Å². The Morgan fingerprint density at radius 1 is 1.31 bits per heavy atom. The van der Waals surface area contributed by atoms with E-state index in [0.717, 1.165) is 52.2 Å². The molecule has 1 aliphatic rings. The summed E-state index contributed by atoms with van der Waals surface area (Å²) < 4.78 is 7.21. The van der Waals surface area contributed by atoms with Gasteiger partial charge >= 0.3 is 0 Å². The molecule has 0 saturated carbocycles. The van der Waals surface area contributed by atoms with Gasteiger partial charge in [-0.05, 0) is 50.8 Å². The fourth-order valence-corrected chi connectivity index (χ4v) is 6.24. The smallest absolute Gasteiger partial charge is 0.226 e. The topological polar surface area (TPSA) is 87.9 Å². The average Bonchev–Trinajstić information content (AvgIpc) is 3.46. The Morgan fingerprint density at radius 2 is 2.11 bits per heavy atom. The molecule has 36 heavy (non-hydrogen) atoms. The number of hydrogen-bond donors (Lipinski definition) is 1. The second kappa shape index (κ2) is 9.33. The molecule has 1 aliphatic carbocycles. The first-order valence-corrected chi connectivity index (χ1v) is 12.9. The predicted molar refractivity (Wildman–Crippen MR) is 144 cm³/mol. The summed E-state index contributed by atoms with van der Waals surface area (Å²) in [6, 6.07) is 4.07. The van der Waals surface area contributed by atoms with Crippen LogP contribution in [0, 0.1) is 5.92 Å². The maximum Gasteiger partial charge on any atom is 0.226 e. The van der Waals surface area contributed by atoms with Crippen LogP contribution in [0.2, 0.25) is 0 Å². The Hall–Kier alpha value is -3.24. The van der Waals surface area contributed by atoms with Crippen molar-refractivity contribution in [3.63, 3.8) is 0 Å².